The smallest absolute Gasteiger partial charge is 0.135 e. The molecule has 0 fully saturated rings. The van der Waals surface area contributed by atoms with Gasteiger partial charge in [0.15, 0.2) is 0 Å². The molecule has 1 aromatic heterocycles. The molecule has 1 heterocycles. The Morgan fingerprint density at radius 3 is 2.42 bits per heavy atom. The Hall–Kier alpha value is -2.88. The molecule has 24 heavy (non-hydrogen) atoms. The van der Waals surface area contributed by atoms with Gasteiger partial charge in [0.05, 0.1) is 0 Å². The lowest BCUT2D eigenvalue weighted by molar-refractivity contribution is 1.08. The highest BCUT2D eigenvalue weighted by molar-refractivity contribution is 5.63. The largest absolute Gasteiger partial charge is 0.366 e. The molecular weight excluding hydrogens is 296 g/mol. The van der Waals surface area contributed by atoms with Crippen LogP contribution in [0.2, 0.25) is 0 Å². The molecule has 0 aliphatic carbocycles. The lowest BCUT2D eigenvalue weighted by Crippen LogP contribution is -2.03. The number of anilines is 3. The molecular formula is C20H22N4. The van der Waals surface area contributed by atoms with Crippen LogP contribution in [0.15, 0.2) is 54.9 Å². The topological polar surface area (TPSA) is 49.8 Å². The van der Waals surface area contributed by atoms with Crippen molar-refractivity contribution >= 4 is 17.3 Å². The van der Waals surface area contributed by atoms with Crippen LogP contribution in [0.25, 0.3) is 0 Å². The van der Waals surface area contributed by atoms with Crippen LogP contribution in [-0.2, 0) is 6.54 Å². The predicted octanol–water partition coefficient (Wildman–Crippen LogP) is 4.76. The maximum Gasteiger partial charge on any atom is 0.135 e. The molecule has 122 valence electrons. The van der Waals surface area contributed by atoms with E-state index in [4.69, 9.17) is 0 Å². The molecule has 0 bridgehead atoms. The Labute approximate surface area is 143 Å². The van der Waals surface area contributed by atoms with Crippen LogP contribution in [0.3, 0.4) is 0 Å². The van der Waals surface area contributed by atoms with Gasteiger partial charge in [-0.25, -0.2) is 9.97 Å². The molecule has 0 saturated carbocycles. The van der Waals surface area contributed by atoms with E-state index in [0.717, 1.165) is 23.9 Å². The molecule has 2 aromatic carbocycles. The summed E-state index contributed by atoms with van der Waals surface area (Å²) in [7, 11) is 0. The highest BCUT2D eigenvalue weighted by Gasteiger charge is 2.03. The second-order valence-corrected chi connectivity index (χ2v) is 6.00. The molecule has 0 spiro atoms. The van der Waals surface area contributed by atoms with E-state index in [-0.39, 0.29) is 0 Å². The second-order valence-electron chi connectivity index (χ2n) is 6.00. The monoisotopic (exact) mass is 318 g/mol. The van der Waals surface area contributed by atoms with Crippen LogP contribution in [-0.4, -0.2) is 9.97 Å². The predicted molar refractivity (Wildman–Crippen MR) is 99.7 cm³/mol. The number of aromatic nitrogens is 2. The summed E-state index contributed by atoms with van der Waals surface area (Å²) in [6.07, 6.45) is 1.57. The Balaban J connectivity index is 1.69. The molecule has 0 aliphatic heterocycles. The van der Waals surface area contributed by atoms with E-state index in [0.29, 0.717) is 0 Å². The van der Waals surface area contributed by atoms with E-state index in [1.807, 2.05) is 12.1 Å². The van der Waals surface area contributed by atoms with Crippen molar-refractivity contribution in [3.05, 3.63) is 77.1 Å². The van der Waals surface area contributed by atoms with Crippen molar-refractivity contribution in [2.24, 2.45) is 0 Å². The highest BCUT2D eigenvalue weighted by atomic mass is 15.1. The molecule has 0 saturated heterocycles. The molecule has 0 amide bonds. The third-order valence-corrected chi connectivity index (χ3v) is 4.13. The van der Waals surface area contributed by atoms with Crippen LogP contribution in [0.5, 0.6) is 0 Å². The summed E-state index contributed by atoms with van der Waals surface area (Å²) in [5, 5.41) is 6.71. The summed E-state index contributed by atoms with van der Waals surface area (Å²) in [5.41, 5.74) is 6.04. The van der Waals surface area contributed by atoms with Gasteiger partial charge in [0.2, 0.25) is 0 Å². The number of nitrogens with one attached hydrogen (secondary N) is 2. The van der Waals surface area contributed by atoms with Gasteiger partial charge in [-0.15, -0.1) is 0 Å². The van der Waals surface area contributed by atoms with E-state index in [1.165, 1.54) is 22.3 Å². The van der Waals surface area contributed by atoms with E-state index >= 15 is 0 Å². The minimum Gasteiger partial charge on any atom is -0.366 e. The second kappa shape index (κ2) is 7.13. The Morgan fingerprint density at radius 1 is 0.875 bits per heavy atom. The number of benzene rings is 2. The Bertz CT molecular complexity index is 825. The van der Waals surface area contributed by atoms with E-state index in [9.17, 15) is 0 Å². The van der Waals surface area contributed by atoms with Gasteiger partial charge in [0, 0.05) is 18.3 Å². The number of aryl methyl sites for hydroxylation is 2. The molecule has 4 nitrogen and oxygen atoms in total. The number of nitrogens with zero attached hydrogens (tertiary/aromatic N) is 2. The minimum absolute atomic E-state index is 0.736. The van der Waals surface area contributed by atoms with Gasteiger partial charge in [-0.1, -0.05) is 42.0 Å². The average molecular weight is 318 g/mol. The third kappa shape index (κ3) is 3.90. The van der Waals surface area contributed by atoms with Gasteiger partial charge in [0.1, 0.15) is 18.0 Å². The zero-order valence-electron chi connectivity index (χ0n) is 14.3. The van der Waals surface area contributed by atoms with Crippen molar-refractivity contribution in [2.75, 3.05) is 10.6 Å². The highest BCUT2D eigenvalue weighted by Crippen LogP contribution is 2.22. The third-order valence-electron chi connectivity index (χ3n) is 4.13. The van der Waals surface area contributed by atoms with Crippen LogP contribution >= 0.6 is 0 Å². The zero-order chi connectivity index (χ0) is 16.9. The van der Waals surface area contributed by atoms with Gasteiger partial charge in [-0.3, -0.25) is 0 Å². The summed E-state index contributed by atoms with van der Waals surface area (Å²) >= 11 is 0. The van der Waals surface area contributed by atoms with Gasteiger partial charge < -0.3 is 10.6 Å². The quantitative estimate of drug-likeness (QED) is 0.712. The lowest BCUT2D eigenvalue weighted by atomic mass is 10.1. The van der Waals surface area contributed by atoms with E-state index < -0.39 is 0 Å². The first-order chi connectivity index (χ1) is 11.6. The zero-order valence-corrected chi connectivity index (χ0v) is 14.3. The fourth-order valence-electron chi connectivity index (χ4n) is 2.45. The fraction of sp³-hybridized carbons (Fsp3) is 0.200. The molecule has 4 heteroatoms. The van der Waals surface area contributed by atoms with Crippen LogP contribution in [0.1, 0.15) is 22.3 Å². The minimum atomic E-state index is 0.736. The Morgan fingerprint density at radius 2 is 1.62 bits per heavy atom. The van der Waals surface area contributed by atoms with Gasteiger partial charge in [0.25, 0.3) is 0 Å². The van der Waals surface area contributed by atoms with Gasteiger partial charge >= 0.3 is 0 Å². The van der Waals surface area contributed by atoms with Crippen molar-refractivity contribution in [3.63, 3.8) is 0 Å². The standard InChI is InChI=1S/C20H22N4/c1-14-7-9-17(10-8-14)12-21-19-11-20(23-13-22-19)24-18-6-4-5-15(2)16(18)3/h4-11,13H,12H2,1-3H3,(H2,21,22,23,24). The van der Waals surface area contributed by atoms with E-state index in [1.54, 1.807) is 6.33 Å². The van der Waals surface area contributed by atoms with Gasteiger partial charge in [-0.2, -0.15) is 0 Å². The van der Waals surface area contributed by atoms with E-state index in [2.05, 4.69) is 77.8 Å². The summed E-state index contributed by atoms with van der Waals surface area (Å²) in [5.74, 6) is 1.59. The van der Waals surface area contributed by atoms with Crippen molar-refractivity contribution < 1.29 is 0 Å². The molecule has 2 N–H and O–H groups in total. The fourth-order valence-corrected chi connectivity index (χ4v) is 2.45. The molecule has 0 radical (unpaired) electrons. The van der Waals surface area contributed by atoms with Crippen LogP contribution < -0.4 is 10.6 Å². The van der Waals surface area contributed by atoms with Crippen molar-refractivity contribution in [1.82, 2.24) is 9.97 Å². The van der Waals surface area contributed by atoms with Gasteiger partial charge in [-0.05, 0) is 43.5 Å². The maximum atomic E-state index is 4.31. The Kier molecular flexibility index (Phi) is 4.75. The molecule has 0 aliphatic rings. The molecule has 0 atom stereocenters. The van der Waals surface area contributed by atoms with Crippen molar-refractivity contribution in [1.29, 1.82) is 0 Å². The summed E-state index contributed by atoms with van der Waals surface area (Å²) < 4.78 is 0. The normalized spacial score (nSPS) is 10.5. The average Bonchev–Trinajstić information content (AvgIpc) is 2.59. The first-order valence-corrected chi connectivity index (χ1v) is 8.06. The first kappa shape index (κ1) is 16.0. The maximum absolute atomic E-state index is 4.31. The van der Waals surface area contributed by atoms with Crippen molar-refractivity contribution in [2.45, 2.75) is 27.3 Å². The lowest BCUT2D eigenvalue weighted by Gasteiger charge is -2.12. The summed E-state index contributed by atoms with van der Waals surface area (Å²) in [6.45, 7) is 7.04. The number of hydrogen-bond donors (Lipinski definition) is 2. The number of hydrogen-bond acceptors (Lipinski definition) is 4. The number of rotatable bonds is 5. The molecule has 3 aromatic rings. The summed E-state index contributed by atoms with van der Waals surface area (Å²) in [4.78, 5) is 8.60. The summed E-state index contributed by atoms with van der Waals surface area (Å²) in [6, 6.07) is 16.6. The van der Waals surface area contributed by atoms with Crippen molar-refractivity contribution in [3.8, 4) is 0 Å². The van der Waals surface area contributed by atoms with Crippen LogP contribution in [0.4, 0.5) is 17.3 Å². The first-order valence-electron chi connectivity index (χ1n) is 8.06. The SMILES string of the molecule is Cc1ccc(CNc2cc(Nc3cccc(C)c3C)ncn2)cc1. The molecule has 0 unspecified atom stereocenters. The molecule has 3 rings (SSSR count). The van der Waals surface area contributed by atoms with Crippen LogP contribution in [0, 0.1) is 20.8 Å².